The van der Waals surface area contributed by atoms with Crippen molar-refractivity contribution >= 4 is 5.82 Å². The Hall–Kier alpha value is -1.09. The van der Waals surface area contributed by atoms with Gasteiger partial charge in [-0.05, 0) is 44.1 Å². The second-order valence-electron chi connectivity index (χ2n) is 6.75. The van der Waals surface area contributed by atoms with Crippen LogP contribution in [0.4, 0.5) is 5.82 Å². The van der Waals surface area contributed by atoms with E-state index in [2.05, 4.69) is 16.0 Å². The monoisotopic (exact) mass is 273 g/mol. The van der Waals surface area contributed by atoms with Gasteiger partial charge in [0.1, 0.15) is 5.82 Å². The number of aromatic nitrogens is 1. The van der Waals surface area contributed by atoms with E-state index in [0.717, 1.165) is 18.9 Å². The Morgan fingerprint density at radius 2 is 1.85 bits per heavy atom. The molecule has 110 valence electrons. The molecule has 3 heteroatoms. The molecule has 1 aliphatic heterocycles. The summed E-state index contributed by atoms with van der Waals surface area (Å²) in [6.45, 7) is 4.35. The van der Waals surface area contributed by atoms with Crippen LogP contribution in [0.1, 0.15) is 63.5 Å². The molecule has 1 saturated heterocycles. The normalized spacial score (nSPS) is 23.8. The van der Waals surface area contributed by atoms with E-state index < -0.39 is 0 Å². The largest absolute Gasteiger partial charge is 0.356 e. The highest BCUT2D eigenvalue weighted by atomic mass is 15.2. The summed E-state index contributed by atoms with van der Waals surface area (Å²) in [7, 11) is 0. The second kappa shape index (κ2) is 5.72. The third kappa shape index (κ3) is 2.69. The molecule has 3 rings (SSSR count). The molecule has 1 spiro atoms. The van der Waals surface area contributed by atoms with Gasteiger partial charge in [0.05, 0.1) is 0 Å². The molecule has 2 N–H and O–H groups in total. The predicted octanol–water partition coefficient (Wildman–Crippen LogP) is 3.65. The zero-order valence-corrected chi connectivity index (χ0v) is 12.6. The molecule has 0 aromatic carbocycles. The summed E-state index contributed by atoms with van der Waals surface area (Å²) in [4.78, 5) is 7.06. The Labute approximate surface area is 122 Å². The molecule has 0 bridgehead atoms. The van der Waals surface area contributed by atoms with Crippen molar-refractivity contribution in [3.05, 3.63) is 23.9 Å². The van der Waals surface area contributed by atoms with Crippen LogP contribution in [0.3, 0.4) is 0 Å². The van der Waals surface area contributed by atoms with Crippen LogP contribution in [0.5, 0.6) is 0 Å². The number of hydrogen-bond donors (Lipinski definition) is 1. The quantitative estimate of drug-likeness (QED) is 0.894. The zero-order chi connectivity index (χ0) is 14.0. The van der Waals surface area contributed by atoms with Gasteiger partial charge in [0.25, 0.3) is 0 Å². The van der Waals surface area contributed by atoms with Crippen LogP contribution in [-0.2, 0) is 0 Å². The van der Waals surface area contributed by atoms with E-state index in [9.17, 15) is 0 Å². The fourth-order valence-electron chi connectivity index (χ4n) is 4.02. The number of hydrogen-bond acceptors (Lipinski definition) is 3. The first-order valence-corrected chi connectivity index (χ1v) is 8.16. The van der Waals surface area contributed by atoms with Crippen LogP contribution in [0.25, 0.3) is 0 Å². The van der Waals surface area contributed by atoms with Crippen molar-refractivity contribution in [1.82, 2.24) is 4.98 Å². The average molecular weight is 273 g/mol. The fraction of sp³-hybridized carbons (Fsp3) is 0.706. The molecule has 20 heavy (non-hydrogen) atoms. The van der Waals surface area contributed by atoms with Crippen LogP contribution in [0.2, 0.25) is 0 Å². The summed E-state index contributed by atoms with van der Waals surface area (Å²) in [5.41, 5.74) is 7.93. The Bertz CT molecular complexity index is 439. The third-order valence-corrected chi connectivity index (χ3v) is 5.35. The van der Waals surface area contributed by atoms with Gasteiger partial charge in [0, 0.05) is 30.9 Å². The van der Waals surface area contributed by atoms with Gasteiger partial charge in [0.15, 0.2) is 0 Å². The summed E-state index contributed by atoms with van der Waals surface area (Å²) in [5, 5.41) is 0. The smallest absolute Gasteiger partial charge is 0.133 e. The van der Waals surface area contributed by atoms with Gasteiger partial charge in [-0.25, -0.2) is 4.98 Å². The lowest BCUT2D eigenvalue weighted by atomic mass is 9.68. The topological polar surface area (TPSA) is 42.1 Å². The molecular weight excluding hydrogens is 246 g/mol. The van der Waals surface area contributed by atoms with Crippen molar-refractivity contribution in [2.75, 3.05) is 18.0 Å². The molecule has 2 aliphatic rings. The minimum absolute atomic E-state index is 0.0595. The van der Waals surface area contributed by atoms with Gasteiger partial charge < -0.3 is 10.6 Å². The Morgan fingerprint density at radius 1 is 1.15 bits per heavy atom. The number of nitrogens with two attached hydrogens (primary N) is 1. The van der Waals surface area contributed by atoms with Gasteiger partial charge in [-0.15, -0.1) is 0 Å². The maximum atomic E-state index is 6.09. The van der Waals surface area contributed by atoms with Crippen molar-refractivity contribution in [2.45, 2.75) is 57.9 Å². The van der Waals surface area contributed by atoms with Crippen LogP contribution in [0.15, 0.2) is 18.3 Å². The molecule has 0 amide bonds. The summed E-state index contributed by atoms with van der Waals surface area (Å²) in [5.74, 6) is 1.12. The predicted molar refractivity (Wildman–Crippen MR) is 83.8 cm³/mol. The third-order valence-electron chi connectivity index (χ3n) is 5.35. The van der Waals surface area contributed by atoms with Crippen LogP contribution < -0.4 is 10.6 Å². The van der Waals surface area contributed by atoms with Gasteiger partial charge in [-0.1, -0.05) is 25.3 Å². The molecule has 2 fully saturated rings. The molecule has 1 saturated carbocycles. The maximum absolute atomic E-state index is 6.09. The number of anilines is 1. The standard InChI is InChI=1S/C17H27N3/c1-14(18)15-6-5-11-19-16(15)20-12-9-17(10-13-20)7-3-2-4-8-17/h5-6,11,14H,2-4,7-10,12-13,18H2,1H3/t14-/m1/s1. The number of rotatable bonds is 2. The van der Waals surface area contributed by atoms with Crippen molar-refractivity contribution in [1.29, 1.82) is 0 Å². The van der Waals surface area contributed by atoms with Crippen molar-refractivity contribution in [3.8, 4) is 0 Å². The number of pyridine rings is 1. The van der Waals surface area contributed by atoms with Gasteiger partial charge in [0.2, 0.25) is 0 Å². The molecule has 1 atom stereocenters. The van der Waals surface area contributed by atoms with E-state index >= 15 is 0 Å². The number of nitrogens with zero attached hydrogens (tertiary/aromatic N) is 2. The second-order valence-corrected chi connectivity index (χ2v) is 6.75. The molecular formula is C17H27N3. The highest BCUT2D eigenvalue weighted by Crippen LogP contribution is 2.45. The minimum Gasteiger partial charge on any atom is -0.356 e. The van der Waals surface area contributed by atoms with E-state index in [1.807, 2.05) is 19.2 Å². The van der Waals surface area contributed by atoms with Gasteiger partial charge >= 0.3 is 0 Å². The van der Waals surface area contributed by atoms with Crippen LogP contribution >= 0.6 is 0 Å². The molecule has 1 aromatic heterocycles. The first-order chi connectivity index (χ1) is 9.70. The molecule has 0 radical (unpaired) electrons. The maximum Gasteiger partial charge on any atom is 0.133 e. The van der Waals surface area contributed by atoms with Crippen molar-refractivity contribution < 1.29 is 0 Å². The Balaban J connectivity index is 1.72. The van der Waals surface area contributed by atoms with E-state index in [-0.39, 0.29) is 6.04 Å². The summed E-state index contributed by atoms with van der Waals surface area (Å²) in [6.07, 6.45) is 11.8. The van der Waals surface area contributed by atoms with Gasteiger partial charge in [-0.2, -0.15) is 0 Å². The van der Waals surface area contributed by atoms with E-state index in [1.54, 1.807) is 0 Å². The minimum atomic E-state index is 0.0595. The van der Waals surface area contributed by atoms with Crippen LogP contribution in [0, 0.1) is 5.41 Å². The summed E-state index contributed by atoms with van der Waals surface area (Å²) < 4.78 is 0. The molecule has 2 heterocycles. The highest BCUT2D eigenvalue weighted by Gasteiger charge is 2.36. The lowest BCUT2D eigenvalue weighted by Gasteiger charge is -2.45. The Morgan fingerprint density at radius 3 is 2.50 bits per heavy atom. The average Bonchev–Trinajstić information content (AvgIpc) is 2.49. The molecule has 1 aromatic rings. The summed E-state index contributed by atoms with van der Waals surface area (Å²) >= 11 is 0. The summed E-state index contributed by atoms with van der Waals surface area (Å²) in [6, 6.07) is 4.18. The fourth-order valence-corrected chi connectivity index (χ4v) is 4.02. The SMILES string of the molecule is C[C@@H](N)c1cccnc1N1CCC2(CCCCC2)CC1. The van der Waals surface area contributed by atoms with E-state index in [0.29, 0.717) is 5.41 Å². The van der Waals surface area contributed by atoms with Crippen molar-refractivity contribution in [2.24, 2.45) is 11.1 Å². The number of piperidine rings is 1. The van der Waals surface area contributed by atoms with E-state index in [4.69, 9.17) is 5.73 Å². The zero-order valence-electron chi connectivity index (χ0n) is 12.6. The molecule has 1 aliphatic carbocycles. The Kier molecular flexibility index (Phi) is 3.97. The molecule has 0 unspecified atom stereocenters. The first-order valence-electron chi connectivity index (χ1n) is 8.16. The van der Waals surface area contributed by atoms with Gasteiger partial charge in [-0.3, -0.25) is 0 Å². The van der Waals surface area contributed by atoms with Crippen molar-refractivity contribution in [3.63, 3.8) is 0 Å². The highest BCUT2D eigenvalue weighted by molar-refractivity contribution is 5.48. The lowest BCUT2D eigenvalue weighted by Crippen LogP contribution is -2.42. The van der Waals surface area contributed by atoms with Crippen LogP contribution in [-0.4, -0.2) is 18.1 Å². The lowest BCUT2D eigenvalue weighted by molar-refractivity contribution is 0.144. The first kappa shape index (κ1) is 13.9. The molecule has 3 nitrogen and oxygen atoms in total. The van der Waals surface area contributed by atoms with E-state index in [1.165, 1.54) is 50.5 Å².